The van der Waals surface area contributed by atoms with Gasteiger partial charge in [-0.15, -0.1) is 0 Å². The van der Waals surface area contributed by atoms with Gasteiger partial charge in [0.05, 0.1) is 11.1 Å². The molecular formula is C14H16N4O3. The smallest absolute Gasteiger partial charge is 0.310 e. The third-order valence-electron chi connectivity index (χ3n) is 3.06. The number of benzene rings is 1. The van der Waals surface area contributed by atoms with Gasteiger partial charge in [-0.1, -0.05) is 6.07 Å². The molecule has 1 aromatic carbocycles. The number of carbonyl (C=O) groups is 2. The molecule has 2 aromatic rings. The minimum atomic E-state index is -1.01. The number of hydrogen-bond acceptors (Lipinski definition) is 4. The fourth-order valence-electron chi connectivity index (χ4n) is 1.61. The van der Waals surface area contributed by atoms with Gasteiger partial charge in [0.2, 0.25) is 0 Å². The zero-order valence-electron chi connectivity index (χ0n) is 11.8. The first-order valence-electron chi connectivity index (χ1n) is 6.37. The number of hydrogen-bond donors (Lipinski definition) is 2. The van der Waals surface area contributed by atoms with Gasteiger partial charge in [0.1, 0.15) is 12.7 Å². The Morgan fingerprint density at radius 1 is 1.38 bits per heavy atom. The summed E-state index contributed by atoms with van der Waals surface area (Å²) in [6.07, 6.45) is 2.94. The van der Waals surface area contributed by atoms with Gasteiger partial charge in [-0.05, 0) is 32.0 Å². The van der Waals surface area contributed by atoms with Gasteiger partial charge >= 0.3 is 5.97 Å². The number of amides is 1. The molecule has 0 atom stereocenters. The fraction of sp³-hybridized carbons (Fsp3) is 0.286. The average molecular weight is 288 g/mol. The van der Waals surface area contributed by atoms with Crippen LogP contribution >= 0.6 is 0 Å². The van der Waals surface area contributed by atoms with Crippen LogP contribution in [0.3, 0.4) is 0 Å². The lowest BCUT2D eigenvalue weighted by Gasteiger charge is -2.19. The van der Waals surface area contributed by atoms with Crippen molar-refractivity contribution in [3.63, 3.8) is 0 Å². The number of aliphatic carboxylic acids is 1. The molecule has 2 rings (SSSR count). The molecule has 0 aliphatic rings. The molecule has 0 saturated heterocycles. The van der Waals surface area contributed by atoms with Crippen molar-refractivity contribution in [3.8, 4) is 5.69 Å². The van der Waals surface area contributed by atoms with Crippen molar-refractivity contribution in [1.82, 2.24) is 20.1 Å². The molecule has 2 N–H and O–H groups in total. The maximum absolute atomic E-state index is 12.1. The lowest BCUT2D eigenvalue weighted by atomic mass is 9.94. The van der Waals surface area contributed by atoms with Crippen molar-refractivity contribution < 1.29 is 14.7 Å². The van der Waals surface area contributed by atoms with E-state index in [1.165, 1.54) is 17.3 Å². The molecular weight excluding hydrogens is 272 g/mol. The highest BCUT2D eigenvalue weighted by atomic mass is 16.4. The van der Waals surface area contributed by atoms with E-state index in [-0.39, 0.29) is 12.5 Å². The molecule has 0 aliphatic heterocycles. The summed E-state index contributed by atoms with van der Waals surface area (Å²) in [5, 5.41) is 15.6. The SMILES string of the molecule is CC(C)(CNC(=O)c1cccc(-n2cncn2)c1)C(=O)O. The summed E-state index contributed by atoms with van der Waals surface area (Å²) in [7, 11) is 0. The van der Waals surface area contributed by atoms with E-state index in [1.807, 2.05) is 0 Å². The number of carboxylic acids is 1. The van der Waals surface area contributed by atoms with Crippen LogP contribution in [-0.4, -0.2) is 38.3 Å². The van der Waals surface area contributed by atoms with Crippen LogP contribution < -0.4 is 5.32 Å². The van der Waals surface area contributed by atoms with Crippen LogP contribution in [0.1, 0.15) is 24.2 Å². The lowest BCUT2D eigenvalue weighted by Crippen LogP contribution is -2.38. The predicted octanol–water partition coefficient (Wildman–Crippen LogP) is 1.11. The van der Waals surface area contributed by atoms with Gasteiger partial charge in [0.25, 0.3) is 5.91 Å². The second kappa shape index (κ2) is 5.74. The first kappa shape index (κ1) is 14.7. The highest BCUT2D eigenvalue weighted by molar-refractivity contribution is 5.95. The van der Waals surface area contributed by atoms with Crippen molar-refractivity contribution in [2.75, 3.05) is 6.54 Å². The molecule has 0 radical (unpaired) electrons. The van der Waals surface area contributed by atoms with Crippen LogP contribution in [0.25, 0.3) is 5.69 Å². The highest BCUT2D eigenvalue weighted by Crippen LogP contribution is 2.14. The third-order valence-corrected chi connectivity index (χ3v) is 3.06. The molecule has 0 bridgehead atoms. The van der Waals surface area contributed by atoms with Gasteiger partial charge in [0.15, 0.2) is 0 Å². The molecule has 110 valence electrons. The Labute approximate surface area is 121 Å². The van der Waals surface area contributed by atoms with E-state index in [9.17, 15) is 9.59 Å². The first-order chi connectivity index (χ1) is 9.90. The molecule has 0 spiro atoms. The number of carbonyl (C=O) groups excluding carboxylic acids is 1. The standard InChI is InChI=1S/C14H16N4O3/c1-14(2,13(20)21)7-16-12(19)10-4-3-5-11(6-10)18-9-15-8-17-18/h3-6,8-9H,7H2,1-2H3,(H,16,19)(H,20,21). The molecule has 0 saturated carbocycles. The monoisotopic (exact) mass is 288 g/mol. The van der Waals surface area contributed by atoms with Crippen molar-refractivity contribution >= 4 is 11.9 Å². The van der Waals surface area contributed by atoms with E-state index < -0.39 is 11.4 Å². The second-order valence-corrected chi connectivity index (χ2v) is 5.26. The van der Waals surface area contributed by atoms with Gasteiger partial charge in [-0.3, -0.25) is 9.59 Å². The zero-order valence-corrected chi connectivity index (χ0v) is 11.8. The van der Waals surface area contributed by atoms with Crippen LogP contribution in [0.5, 0.6) is 0 Å². The van der Waals surface area contributed by atoms with Crippen molar-refractivity contribution in [2.24, 2.45) is 5.41 Å². The van der Waals surface area contributed by atoms with E-state index >= 15 is 0 Å². The Bertz CT molecular complexity index is 650. The summed E-state index contributed by atoms with van der Waals surface area (Å²) in [6, 6.07) is 6.85. The topological polar surface area (TPSA) is 97.1 Å². The zero-order chi connectivity index (χ0) is 15.5. The Morgan fingerprint density at radius 3 is 2.76 bits per heavy atom. The van der Waals surface area contributed by atoms with Crippen LogP contribution in [0.4, 0.5) is 0 Å². The van der Waals surface area contributed by atoms with Gasteiger partial charge in [-0.25, -0.2) is 9.67 Å². The van der Waals surface area contributed by atoms with Crippen LogP contribution in [-0.2, 0) is 4.79 Å². The van der Waals surface area contributed by atoms with Gasteiger partial charge in [-0.2, -0.15) is 5.10 Å². The molecule has 21 heavy (non-hydrogen) atoms. The number of nitrogens with zero attached hydrogens (tertiary/aromatic N) is 3. The van der Waals surface area contributed by atoms with Crippen LogP contribution in [0.15, 0.2) is 36.9 Å². The van der Waals surface area contributed by atoms with Crippen molar-refractivity contribution in [3.05, 3.63) is 42.5 Å². The van der Waals surface area contributed by atoms with Gasteiger partial charge < -0.3 is 10.4 Å². The summed E-state index contributed by atoms with van der Waals surface area (Å²) < 4.78 is 1.54. The minimum Gasteiger partial charge on any atom is -0.481 e. The Hall–Kier alpha value is -2.70. The maximum atomic E-state index is 12.1. The summed E-state index contributed by atoms with van der Waals surface area (Å²) in [5.74, 6) is -1.29. The molecule has 0 unspecified atom stereocenters. The maximum Gasteiger partial charge on any atom is 0.310 e. The van der Waals surface area contributed by atoms with E-state index in [0.29, 0.717) is 11.3 Å². The average Bonchev–Trinajstić information content (AvgIpc) is 2.99. The van der Waals surface area contributed by atoms with Crippen molar-refractivity contribution in [1.29, 1.82) is 0 Å². The Morgan fingerprint density at radius 2 is 2.14 bits per heavy atom. The number of aromatic nitrogens is 3. The fourth-order valence-corrected chi connectivity index (χ4v) is 1.61. The Kier molecular flexibility index (Phi) is 4.02. The largest absolute Gasteiger partial charge is 0.481 e. The number of carboxylic acid groups (broad SMARTS) is 1. The van der Waals surface area contributed by atoms with E-state index in [1.54, 1.807) is 38.1 Å². The molecule has 7 heteroatoms. The number of rotatable bonds is 5. The second-order valence-electron chi connectivity index (χ2n) is 5.26. The van der Waals surface area contributed by atoms with Crippen molar-refractivity contribution in [2.45, 2.75) is 13.8 Å². The normalized spacial score (nSPS) is 11.1. The summed E-state index contributed by atoms with van der Waals surface area (Å²) >= 11 is 0. The van der Waals surface area contributed by atoms with Crippen LogP contribution in [0, 0.1) is 5.41 Å². The van der Waals surface area contributed by atoms with E-state index in [0.717, 1.165) is 0 Å². The van der Waals surface area contributed by atoms with Crippen LogP contribution in [0.2, 0.25) is 0 Å². The summed E-state index contributed by atoms with van der Waals surface area (Å²) in [5.41, 5.74) is 0.126. The molecule has 0 aliphatic carbocycles. The van der Waals surface area contributed by atoms with E-state index in [2.05, 4.69) is 15.4 Å². The summed E-state index contributed by atoms with van der Waals surface area (Å²) in [6.45, 7) is 3.16. The molecule has 7 nitrogen and oxygen atoms in total. The predicted molar refractivity (Wildman–Crippen MR) is 75.1 cm³/mol. The van der Waals surface area contributed by atoms with E-state index in [4.69, 9.17) is 5.11 Å². The number of nitrogens with one attached hydrogen (secondary N) is 1. The minimum absolute atomic E-state index is 0.0503. The lowest BCUT2D eigenvalue weighted by molar-refractivity contribution is -0.146. The summed E-state index contributed by atoms with van der Waals surface area (Å²) in [4.78, 5) is 26.9. The van der Waals surface area contributed by atoms with Gasteiger partial charge in [0, 0.05) is 12.1 Å². The Balaban J connectivity index is 2.10. The molecule has 0 fully saturated rings. The quantitative estimate of drug-likeness (QED) is 0.859. The third kappa shape index (κ3) is 3.44. The molecule has 1 aromatic heterocycles. The molecule has 1 amide bonds. The first-order valence-corrected chi connectivity index (χ1v) is 6.37. The highest BCUT2D eigenvalue weighted by Gasteiger charge is 2.27. The molecule has 1 heterocycles.